The topological polar surface area (TPSA) is 41.5 Å². The first-order valence-corrected chi connectivity index (χ1v) is 7.37. The average Bonchev–Trinajstić information content (AvgIpc) is 2.86. The molecule has 0 unspecified atom stereocenters. The van der Waals surface area contributed by atoms with Crippen molar-refractivity contribution in [2.24, 2.45) is 11.8 Å². The van der Waals surface area contributed by atoms with E-state index in [9.17, 15) is 9.50 Å². The SMILES string of the molecule is Cc1c(F)ccc(O[C@@H]2C[C@@H]3CNC[C@@H]3C[C@H]2O)c1C.Cl. The number of aliphatic hydroxyl groups is 1. The number of ether oxygens (including phenoxy) is 1. The molecule has 1 aliphatic carbocycles. The van der Waals surface area contributed by atoms with Crippen LogP contribution in [0.25, 0.3) is 0 Å². The van der Waals surface area contributed by atoms with Crippen molar-refractivity contribution in [2.45, 2.75) is 38.9 Å². The molecule has 1 aliphatic heterocycles. The van der Waals surface area contributed by atoms with Crippen molar-refractivity contribution in [3.63, 3.8) is 0 Å². The van der Waals surface area contributed by atoms with Crippen molar-refractivity contribution in [1.82, 2.24) is 5.32 Å². The molecule has 1 heterocycles. The van der Waals surface area contributed by atoms with Crippen LogP contribution in [0.5, 0.6) is 5.75 Å². The van der Waals surface area contributed by atoms with Crippen LogP contribution in [0.1, 0.15) is 24.0 Å². The zero-order valence-electron chi connectivity index (χ0n) is 12.4. The van der Waals surface area contributed by atoms with Crippen molar-refractivity contribution in [3.8, 4) is 5.75 Å². The lowest BCUT2D eigenvalue weighted by molar-refractivity contribution is -0.0234. The van der Waals surface area contributed by atoms with Gasteiger partial charge >= 0.3 is 0 Å². The Morgan fingerprint density at radius 1 is 1.14 bits per heavy atom. The molecule has 0 bridgehead atoms. The summed E-state index contributed by atoms with van der Waals surface area (Å²) >= 11 is 0. The first-order chi connectivity index (χ1) is 9.56. The Morgan fingerprint density at radius 2 is 1.81 bits per heavy atom. The summed E-state index contributed by atoms with van der Waals surface area (Å²) < 4.78 is 19.5. The van der Waals surface area contributed by atoms with E-state index in [-0.39, 0.29) is 24.3 Å². The molecule has 2 N–H and O–H groups in total. The number of rotatable bonds is 2. The van der Waals surface area contributed by atoms with Gasteiger partial charge in [0.2, 0.25) is 0 Å². The van der Waals surface area contributed by atoms with Crippen molar-refractivity contribution < 1.29 is 14.2 Å². The van der Waals surface area contributed by atoms with Crippen LogP contribution in [0.2, 0.25) is 0 Å². The summed E-state index contributed by atoms with van der Waals surface area (Å²) in [5.74, 6) is 1.64. The molecule has 2 fully saturated rings. The van der Waals surface area contributed by atoms with Crippen LogP contribution in [0.15, 0.2) is 12.1 Å². The van der Waals surface area contributed by atoms with E-state index in [0.717, 1.165) is 31.5 Å². The van der Waals surface area contributed by atoms with E-state index in [1.54, 1.807) is 13.0 Å². The Kier molecular flexibility index (Phi) is 5.12. The van der Waals surface area contributed by atoms with Gasteiger partial charge in [-0.3, -0.25) is 0 Å². The Labute approximate surface area is 131 Å². The van der Waals surface area contributed by atoms with Gasteiger partial charge in [0.1, 0.15) is 17.7 Å². The van der Waals surface area contributed by atoms with Gasteiger partial charge in [-0.05, 0) is 74.9 Å². The number of hydrogen-bond acceptors (Lipinski definition) is 3. The van der Waals surface area contributed by atoms with Gasteiger partial charge in [-0.25, -0.2) is 4.39 Å². The van der Waals surface area contributed by atoms with E-state index < -0.39 is 6.10 Å². The van der Waals surface area contributed by atoms with Gasteiger partial charge in [-0.15, -0.1) is 12.4 Å². The maximum absolute atomic E-state index is 13.5. The summed E-state index contributed by atoms with van der Waals surface area (Å²) in [5, 5.41) is 13.6. The monoisotopic (exact) mass is 315 g/mol. The number of hydrogen-bond donors (Lipinski definition) is 2. The van der Waals surface area contributed by atoms with E-state index in [1.807, 2.05) is 6.92 Å². The van der Waals surface area contributed by atoms with Gasteiger partial charge in [0.25, 0.3) is 0 Å². The van der Waals surface area contributed by atoms with Gasteiger partial charge in [-0.2, -0.15) is 0 Å². The smallest absolute Gasteiger partial charge is 0.126 e. The number of fused-ring (bicyclic) bond motifs is 1. The van der Waals surface area contributed by atoms with Gasteiger partial charge in [-0.1, -0.05) is 0 Å². The van der Waals surface area contributed by atoms with E-state index >= 15 is 0 Å². The first kappa shape index (κ1) is 16.5. The highest BCUT2D eigenvalue weighted by molar-refractivity contribution is 5.85. The second kappa shape index (κ2) is 6.51. The number of nitrogens with one attached hydrogen (secondary N) is 1. The molecule has 4 atom stereocenters. The molecule has 2 aliphatic rings. The zero-order valence-corrected chi connectivity index (χ0v) is 13.3. The Hall–Kier alpha value is -0.840. The maximum atomic E-state index is 13.5. The first-order valence-electron chi connectivity index (χ1n) is 7.37. The second-order valence-corrected chi connectivity index (χ2v) is 6.17. The lowest BCUT2D eigenvalue weighted by Crippen LogP contribution is -2.42. The Morgan fingerprint density at radius 3 is 2.52 bits per heavy atom. The van der Waals surface area contributed by atoms with Gasteiger partial charge in [0, 0.05) is 0 Å². The predicted molar refractivity (Wildman–Crippen MR) is 82.6 cm³/mol. The molecule has 1 aromatic rings. The fraction of sp³-hybridized carbons (Fsp3) is 0.625. The molecular formula is C16H23ClFNO2. The highest BCUT2D eigenvalue weighted by Gasteiger charge is 2.40. The minimum absolute atomic E-state index is 0. The lowest BCUT2D eigenvalue weighted by atomic mass is 9.78. The third-order valence-corrected chi connectivity index (χ3v) is 4.94. The third kappa shape index (κ3) is 3.17. The summed E-state index contributed by atoms with van der Waals surface area (Å²) in [4.78, 5) is 0. The molecule has 1 saturated heterocycles. The molecule has 0 radical (unpaired) electrons. The molecule has 3 rings (SSSR count). The predicted octanol–water partition coefficient (Wildman–Crippen LogP) is 2.60. The summed E-state index contributed by atoms with van der Waals surface area (Å²) in [6.07, 6.45) is 1.05. The molecule has 1 saturated carbocycles. The number of benzene rings is 1. The van der Waals surface area contributed by atoms with E-state index in [4.69, 9.17) is 4.74 Å². The van der Waals surface area contributed by atoms with Crippen molar-refractivity contribution >= 4 is 12.4 Å². The van der Waals surface area contributed by atoms with Crippen LogP contribution in [-0.4, -0.2) is 30.4 Å². The maximum Gasteiger partial charge on any atom is 0.126 e. The van der Waals surface area contributed by atoms with Crippen LogP contribution in [0, 0.1) is 31.5 Å². The van der Waals surface area contributed by atoms with Gasteiger partial charge in [0.05, 0.1) is 6.10 Å². The van der Waals surface area contributed by atoms with Crippen molar-refractivity contribution in [3.05, 3.63) is 29.1 Å². The minimum atomic E-state index is -0.430. The number of halogens is 2. The van der Waals surface area contributed by atoms with Crippen LogP contribution >= 0.6 is 12.4 Å². The molecule has 118 valence electrons. The zero-order chi connectivity index (χ0) is 14.3. The summed E-state index contributed by atoms with van der Waals surface area (Å²) in [7, 11) is 0. The number of aliphatic hydroxyl groups excluding tert-OH is 1. The average molecular weight is 316 g/mol. The lowest BCUT2D eigenvalue weighted by Gasteiger charge is -2.35. The van der Waals surface area contributed by atoms with E-state index in [1.165, 1.54) is 6.07 Å². The summed E-state index contributed by atoms with van der Waals surface area (Å²) in [6, 6.07) is 3.11. The highest BCUT2D eigenvalue weighted by Crippen LogP contribution is 2.35. The summed E-state index contributed by atoms with van der Waals surface area (Å²) in [6.45, 7) is 5.64. The Balaban J connectivity index is 0.00000161. The fourth-order valence-corrected chi connectivity index (χ4v) is 3.44. The minimum Gasteiger partial charge on any atom is -0.487 e. The van der Waals surface area contributed by atoms with Crippen molar-refractivity contribution in [1.29, 1.82) is 0 Å². The quantitative estimate of drug-likeness (QED) is 0.881. The molecule has 0 amide bonds. The molecule has 1 aromatic carbocycles. The standard InChI is InChI=1S/C16H22FNO2.ClH/c1-9-10(2)15(4-3-13(9)17)20-16-6-12-8-18-7-11(12)5-14(16)19;/h3-4,11-12,14,16,18-19H,5-8H2,1-2H3;1H/t11-,12+,14+,16+;/m0./s1. The van der Waals surface area contributed by atoms with Gasteiger partial charge in [0.15, 0.2) is 0 Å². The molecule has 0 spiro atoms. The summed E-state index contributed by atoms with van der Waals surface area (Å²) in [5.41, 5.74) is 1.44. The van der Waals surface area contributed by atoms with Crippen LogP contribution < -0.4 is 10.1 Å². The fourth-order valence-electron chi connectivity index (χ4n) is 3.44. The van der Waals surface area contributed by atoms with Crippen LogP contribution in [0.4, 0.5) is 4.39 Å². The molecular weight excluding hydrogens is 293 g/mol. The Bertz CT molecular complexity index is 511. The van der Waals surface area contributed by atoms with Crippen molar-refractivity contribution in [2.75, 3.05) is 13.1 Å². The molecule has 21 heavy (non-hydrogen) atoms. The van der Waals surface area contributed by atoms with Gasteiger partial charge < -0.3 is 15.2 Å². The normalized spacial score (nSPS) is 31.4. The van der Waals surface area contributed by atoms with Crippen LogP contribution in [-0.2, 0) is 0 Å². The molecule has 3 nitrogen and oxygen atoms in total. The second-order valence-electron chi connectivity index (χ2n) is 6.17. The molecule has 5 heteroatoms. The third-order valence-electron chi connectivity index (χ3n) is 4.94. The molecule has 0 aromatic heterocycles. The van der Waals surface area contributed by atoms with E-state index in [2.05, 4.69) is 5.32 Å². The largest absolute Gasteiger partial charge is 0.487 e. The van der Waals surface area contributed by atoms with Crippen LogP contribution in [0.3, 0.4) is 0 Å². The highest BCUT2D eigenvalue weighted by atomic mass is 35.5. The van der Waals surface area contributed by atoms with E-state index in [0.29, 0.717) is 23.1 Å².